The number of nitrogens with zero attached hydrogens (tertiary/aromatic N) is 2. The van der Waals surface area contributed by atoms with Crippen molar-refractivity contribution in [1.29, 1.82) is 0 Å². The van der Waals surface area contributed by atoms with Crippen molar-refractivity contribution >= 4 is 33.2 Å². The van der Waals surface area contributed by atoms with Gasteiger partial charge in [-0.1, -0.05) is 47.5 Å². The van der Waals surface area contributed by atoms with Gasteiger partial charge in [0.05, 0.1) is 24.7 Å². The molecule has 1 aliphatic heterocycles. The van der Waals surface area contributed by atoms with Crippen molar-refractivity contribution in [3.63, 3.8) is 0 Å². The molecule has 3 aromatic rings. The third-order valence-corrected chi connectivity index (χ3v) is 8.41. The lowest BCUT2D eigenvalue weighted by atomic mass is 10.1. The van der Waals surface area contributed by atoms with E-state index < -0.39 is 10.0 Å². The van der Waals surface area contributed by atoms with E-state index >= 15 is 0 Å². The summed E-state index contributed by atoms with van der Waals surface area (Å²) in [6.45, 7) is 3.06. The second-order valence-electron chi connectivity index (χ2n) is 8.36. The molecule has 186 valence electrons. The van der Waals surface area contributed by atoms with Gasteiger partial charge in [0.2, 0.25) is 10.0 Å². The highest BCUT2D eigenvalue weighted by atomic mass is 35.5. The van der Waals surface area contributed by atoms with Crippen LogP contribution in [-0.2, 0) is 21.4 Å². The van der Waals surface area contributed by atoms with E-state index in [1.54, 1.807) is 31.4 Å². The van der Waals surface area contributed by atoms with Gasteiger partial charge in [-0.05, 0) is 59.7 Å². The zero-order chi connectivity index (χ0) is 24.8. The maximum Gasteiger partial charge on any atom is 0.243 e. The first-order chi connectivity index (χ1) is 16.8. The Kier molecular flexibility index (Phi) is 8.70. The van der Waals surface area contributed by atoms with Gasteiger partial charge in [-0.3, -0.25) is 4.90 Å². The first-order valence-electron chi connectivity index (χ1n) is 11.3. The number of hydrogen-bond donors (Lipinski definition) is 0. The van der Waals surface area contributed by atoms with Crippen LogP contribution in [0.5, 0.6) is 5.75 Å². The van der Waals surface area contributed by atoms with Crippen molar-refractivity contribution in [2.45, 2.75) is 17.6 Å². The topological polar surface area (TPSA) is 59.1 Å². The molecular weight excluding hydrogens is 507 g/mol. The van der Waals surface area contributed by atoms with Crippen LogP contribution < -0.4 is 4.74 Å². The van der Waals surface area contributed by atoms with Crippen molar-refractivity contribution in [3.8, 4) is 5.75 Å². The number of hydrogen-bond acceptors (Lipinski definition) is 5. The van der Waals surface area contributed by atoms with E-state index in [2.05, 4.69) is 4.90 Å². The third-order valence-electron chi connectivity index (χ3n) is 6.01. The second-order valence-corrected chi connectivity index (χ2v) is 11.2. The molecule has 9 heteroatoms. The lowest BCUT2D eigenvalue weighted by molar-refractivity contribution is 0.00763. The quantitative estimate of drug-likeness (QED) is 0.374. The Bertz CT molecular complexity index is 1230. The van der Waals surface area contributed by atoms with Crippen molar-refractivity contribution in [1.82, 2.24) is 9.21 Å². The van der Waals surface area contributed by atoms with E-state index in [9.17, 15) is 8.42 Å². The van der Waals surface area contributed by atoms with Crippen LogP contribution in [0.2, 0.25) is 10.0 Å². The molecule has 1 unspecified atom stereocenters. The Morgan fingerprint density at radius 1 is 0.886 bits per heavy atom. The fraction of sp³-hybridized carbons (Fsp3) is 0.308. The number of piperazine rings is 1. The smallest absolute Gasteiger partial charge is 0.243 e. The summed E-state index contributed by atoms with van der Waals surface area (Å²) >= 11 is 12.0. The number of ether oxygens (including phenoxy) is 2. The van der Waals surface area contributed by atoms with Crippen LogP contribution in [0.4, 0.5) is 0 Å². The Labute approximate surface area is 217 Å². The molecule has 35 heavy (non-hydrogen) atoms. The molecule has 0 N–H and O–H groups in total. The van der Waals surface area contributed by atoms with Gasteiger partial charge in [0.25, 0.3) is 0 Å². The summed E-state index contributed by atoms with van der Waals surface area (Å²) in [6.07, 6.45) is -0.219. The predicted molar refractivity (Wildman–Crippen MR) is 139 cm³/mol. The van der Waals surface area contributed by atoms with Gasteiger partial charge in [0, 0.05) is 42.8 Å². The molecule has 0 aliphatic carbocycles. The number of sulfonamides is 1. The van der Waals surface area contributed by atoms with Crippen LogP contribution in [0.15, 0.2) is 77.7 Å². The third kappa shape index (κ3) is 6.76. The van der Waals surface area contributed by atoms with E-state index in [1.807, 2.05) is 48.5 Å². The minimum absolute atomic E-state index is 0.219. The van der Waals surface area contributed by atoms with E-state index in [0.717, 1.165) is 16.9 Å². The van der Waals surface area contributed by atoms with Crippen LogP contribution >= 0.6 is 23.2 Å². The van der Waals surface area contributed by atoms with Crippen molar-refractivity contribution in [2.24, 2.45) is 0 Å². The Hall–Kier alpha value is -2.13. The monoisotopic (exact) mass is 534 g/mol. The molecular formula is C26H28Cl2N2O4S. The van der Waals surface area contributed by atoms with Gasteiger partial charge < -0.3 is 9.47 Å². The highest BCUT2D eigenvalue weighted by Crippen LogP contribution is 2.26. The summed E-state index contributed by atoms with van der Waals surface area (Å²) in [6, 6.07) is 21.7. The van der Waals surface area contributed by atoms with Crippen LogP contribution in [0.25, 0.3) is 0 Å². The van der Waals surface area contributed by atoms with Crippen molar-refractivity contribution in [2.75, 3.05) is 39.8 Å². The molecule has 0 radical (unpaired) electrons. The average molecular weight is 535 g/mol. The first kappa shape index (κ1) is 25.9. The minimum Gasteiger partial charge on any atom is -0.497 e. The van der Waals surface area contributed by atoms with Gasteiger partial charge in [-0.15, -0.1) is 0 Å². The SMILES string of the molecule is COc1cccc(C(CN2CCN(S(=O)(=O)c3ccc(Cl)cc3)CC2)OCc2cccc(Cl)c2)c1. The first-order valence-corrected chi connectivity index (χ1v) is 13.5. The fourth-order valence-corrected chi connectivity index (χ4v) is 5.82. The Morgan fingerprint density at radius 3 is 2.29 bits per heavy atom. The molecule has 1 aliphatic rings. The van der Waals surface area contributed by atoms with Gasteiger partial charge >= 0.3 is 0 Å². The molecule has 1 fully saturated rings. The number of benzene rings is 3. The number of methoxy groups -OCH3 is 1. The van der Waals surface area contributed by atoms with Crippen LogP contribution in [0.1, 0.15) is 17.2 Å². The normalized spacial score (nSPS) is 16.2. The molecule has 1 atom stereocenters. The highest BCUT2D eigenvalue weighted by molar-refractivity contribution is 7.89. The Balaban J connectivity index is 1.43. The summed E-state index contributed by atoms with van der Waals surface area (Å²) in [7, 11) is -1.91. The molecule has 0 spiro atoms. The van der Waals surface area contributed by atoms with E-state index in [-0.39, 0.29) is 11.0 Å². The maximum absolute atomic E-state index is 13.0. The standard InChI is InChI=1S/C26H28Cl2N2O4S/c1-33-24-7-3-5-21(17-24)26(34-19-20-4-2-6-23(28)16-20)18-29-12-14-30(15-13-29)35(31,32)25-10-8-22(27)9-11-25/h2-11,16-17,26H,12-15,18-19H2,1H3. The summed E-state index contributed by atoms with van der Waals surface area (Å²) < 4.78 is 39.3. The molecule has 6 nitrogen and oxygen atoms in total. The van der Waals surface area contributed by atoms with Crippen molar-refractivity contribution < 1.29 is 17.9 Å². The van der Waals surface area contributed by atoms with Gasteiger partial charge in [0.15, 0.2) is 0 Å². The zero-order valence-electron chi connectivity index (χ0n) is 19.4. The summed E-state index contributed by atoms with van der Waals surface area (Å²) in [4.78, 5) is 2.49. The highest BCUT2D eigenvalue weighted by Gasteiger charge is 2.29. The predicted octanol–water partition coefficient (Wildman–Crippen LogP) is 5.27. The van der Waals surface area contributed by atoms with Gasteiger partial charge in [-0.25, -0.2) is 8.42 Å². The molecule has 0 bridgehead atoms. The molecule has 0 amide bonds. The van der Waals surface area contributed by atoms with Crippen LogP contribution in [-0.4, -0.2) is 57.5 Å². The molecule has 0 saturated carbocycles. The van der Waals surface area contributed by atoms with E-state index in [0.29, 0.717) is 49.4 Å². The largest absolute Gasteiger partial charge is 0.497 e. The van der Waals surface area contributed by atoms with Crippen LogP contribution in [0, 0.1) is 0 Å². The zero-order valence-corrected chi connectivity index (χ0v) is 21.8. The second kappa shape index (κ2) is 11.7. The molecule has 1 saturated heterocycles. The lowest BCUT2D eigenvalue weighted by Gasteiger charge is -2.36. The molecule has 1 heterocycles. The summed E-state index contributed by atoms with van der Waals surface area (Å²) in [5.74, 6) is 0.762. The maximum atomic E-state index is 13.0. The van der Waals surface area contributed by atoms with Crippen molar-refractivity contribution in [3.05, 3.63) is 94.0 Å². The summed E-state index contributed by atoms with van der Waals surface area (Å²) in [5, 5.41) is 1.18. The average Bonchev–Trinajstić information content (AvgIpc) is 2.87. The van der Waals surface area contributed by atoms with E-state index in [1.165, 1.54) is 4.31 Å². The number of rotatable bonds is 9. The molecule has 4 rings (SSSR count). The molecule has 0 aromatic heterocycles. The van der Waals surface area contributed by atoms with Gasteiger partial charge in [-0.2, -0.15) is 4.31 Å². The fourth-order valence-electron chi connectivity index (χ4n) is 4.06. The minimum atomic E-state index is -3.55. The van der Waals surface area contributed by atoms with E-state index in [4.69, 9.17) is 32.7 Å². The summed E-state index contributed by atoms with van der Waals surface area (Å²) in [5.41, 5.74) is 1.99. The van der Waals surface area contributed by atoms with Gasteiger partial charge in [0.1, 0.15) is 5.75 Å². The lowest BCUT2D eigenvalue weighted by Crippen LogP contribution is -2.49. The van der Waals surface area contributed by atoms with Crippen LogP contribution in [0.3, 0.4) is 0 Å². The number of halogens is 2. The molecule has 3 aromatic carbocycles. The Morgan fingerprint density at radius 2 is 1.60 bits per heavy atom.